The van der Waals surface area contributed by atoms with E-state index in [2.05, 4.69) is 54.1 Å². The highest BCUT2D eigenvalue weighted by molar-refractivity contribution is 5.64. The Morgan fingerprint density at radius 1 is 1.30 bits per heavy atom. The predicted molar refractivity (Wildman–Crippen MR) is 87.8 cm³/mol. The fourth-order valence-electron chi connectivity index (χ4n) is 2.98. The van der Waals surface area contributed by atoms with Crippen molar-refractivity contribution >= 4 is 5.57 Å². The Morgan fingerprint density at radius 3 is 2.75 bits per heavy atom. The van der Waals surface area contributed by atoms with Gasteiger partial charge in [0.25, 0.3) is 0 Å². The summed E-state index contributed by atoms with van der Waals surface area (Å²) in [7, 11) is 0. The van der Waals surface area contributed by atoms with Gasteiger partial charge in [-0.1, -0.05) is 50.3 Å². The first-order valence-electron chi connectivity index (χ1n) is 7.98. The topological polar surface area (TPSA) is 15.3 Å². The number of nitrogens with zero attached hydrogens (tertiary/aromatic N) is 1. The summed E-state index contributed by atoms with van der Waals surface area (Å²) in [6.45, 7) is 11.0. The first-order valence-corrected chi connectivity index (χ1v) is 7.98. The molecule has 1 heterocycles. The van der Waals surface area contributed by atoms with Crippen LogP contribution >= 0.6 is 0 Å². The molecule has 0 amide bonds. The van der Waals surface area contributed by atoms with Crippen LogP contribution in [0.1, 0.15) is 38.2 Å². The molecule has 1 atom stereocenters. The highest BCUT2D eigenvalue weighted by Gasteiger charge is 2.16. The lowest BCUT2D eigenvalue weighted by molar-refractivity contribution is 0.246. The monoisotopic (exact) mass is 272 g/mol. The Kier molecular flexibility index (Phi) is 6.28. The maximum absolute atomic E-state index is 4.28. The minimum absolute atomic E-state index is 0.666. The highest BCUT2D eigenvalue weighted by atomic mass is 15.1. The van der Waals surface area contributed by atoms with E-state index in [1.165, 1.54) is 43.4 Å². The lowest BCUT2D eigenvalue weighted by Gasteiger charge is -2.31. The van der Waals surface area contributed by atoms with Gasteiger partial charge in [0.05, 0.1) is 0 Å². The average molecular weight is 272 g/mol. The SMILES string of the molecule is C=C(CN(CCC)CC1CCCCN1)c1ccccc1. The van der Waals surface area contributed by atoms with Crippen molar-refractivity contribution < 1.29 is 0 Å². The summed E-state index contributed by atoms with van der Waals surface area (Å²) in [4.78, 5) is 2.55. The average Bonchev–Trinajstić information content (AvgIpc) is 2.49. The Bertz CT molecular complexity index is 393. The zero-order chi connectivity index (χ0) is 14.2. The van der Waals surface area contributed by atoms with Crippen LogP contribution < -0.4 is 5.32 Å². The third-order valence-corrected chi connectivity index (χ3v) is 4.03. The molecule has 0 radical (unpaired) electrons. The zero-order valence-electron chi connectivity index (χ0n) is 12.8. The van der Waals surface area contributed by atoms with E-state index in [0.29, 0.717) is 6.04 Å². The van der Waals surface area contributed by atoms with E-state index in [1.54, 1.807) is 0 Å². The van der Waals surface area contributed by atoms with Crippen molar-refractivity contribution in [1.29, 1.82) is 0 Å². The van der Waals surface area contributed by atoms with Gasteiger partial charge in [-0.3, -0.25) is 4.90 Å². The van der Waals surface area contributed by atoms with E-state index in [4.69, 9.17) is 0 Å². The number of rotatable bonds is 7. The van der Waals surface area contributed by atoms with Gasteiger partial charge in [-0.25, -0.2) is 0 Å². The summed E-state index contributed by atoms with van der Waals surface area (Å²) in [5, 5.41) is 3.65. The number of benzene rings is 1. The molecule has 20 heavy (non-hydrogen) atoms. The van der Waals surface area contributed by atoms with Gasteiger partial charge in [0.15, 0.2) is 0 Å². The number of hydrogen-bond acceptors (Lipinski definition) is 2. The molecule has 110 valence electrons. The molecule has 1 fully saturated rings. The maximum Gasteiger partial charge on any atom is 0.0234 e. The van der Waals surface area contributed by atoms with Crippen molar-refractivity contribution in [2.24, 2.45) is 0 Å². The molecule has 0 spiro atoms. The molecule has 1 N–H and O–H groups in total. The standard InChI is InChI=1S/C18H28N2/c1-3-13-20(15-18-11-7-8-12-19-18)14-16(2)17-9-5-4-6-10-17/h4-6,9-10,18-19H,2-3,7-8,11-15H2,1H3. The maximum atomic E-state index is 4.28. The van der Waals surface area contributed by atoms with Crippen LogP contribution in [0.3, 0.4) is 0 Å². The Morgan fingerprint density at radius 2 is 2.10 bits per heavy atom. The van der Waals surface area contributed by atoms with E-state index in [0.717, 1.165) is 19.6 Å². The summed E-state index contributed by atoms with van der Waals surface area (Å²) in [6.07, 6.45) is 5.23. The quantitative estimate of drug-likeness (QED) is 0.816. The van der Waals surface area contributed by atoms with Crippen molar-refractivity contribution in [3.8, 4) is 0 Å². The molecule has 1 aromatic carbocycles. The fraction of sp³-hybridized carbons (Fsp3) is 0.556. The van der Waals surface area contributed by atoms with Gasteiger partial charge in [0.1, 0.15) is 0 Å². The van der Waals surface area contributed by atoms with Gasteiger partial charge in [-0.15, -0.1) is 0 Å². The lowest BCUT2D eigenvalue weighted by atomic mass is 10.0. The lowest BCUT2D eigenvalue weighted by Crippen LogP contribution is -2.44. The van der Waals surface area contributed by atoms with E-state index >= 15 is 0 Å². The van der Waals surface area contributed by atoms with Crippen molar-refractivity contribution in [2.45, 2.75) is 38.6 Å². The largest absolute Gasteiger partial charge is 0.313 e. The minimum Gasteiger partial charge on any atom is -0.313 e. The first-order chi connectivity index (χ1) is 9.79. The number of hydrogen-bond donors (Lipinski definition) is 1. The van der Waals surface area contributed by atoms with E-state index in [-0.39, 0.29) is 0 Å². The van der Waals surface area contributed by atoms with Crippen LogP contribution in [0, 0.1) is 0 Å². The van der Waals surface area contributed by atoms with Gasteiger partial charge in [0, 0.05) is 19.1 Å². The summed E-state index contributed by atoms with van der Waals surface area (Å²) >= 11 is 0. The molecule has 1 aliphatic heterocycles. The molecule has 0 aromatic heterocycles. The molecule has 0 bridgehead atoms. The van der Waals surface area contributed by atoms with Crippen LogP contribution in [-0.4, -0.2) is 37.1 Å². The van der Waals surface area contributed by atoms with Crippen LogP contribution in [0.15, 0.2) is 36.9 Å². The summed E-state index contributed by atoms with van der Waals surface area (Å²) in [5.41, 5.74) is 2.50. The fourth-order valence-corrected chi connectivity index (χ4v) is 2.98. The number of nitrogens with one attached hydrogen (secondary N) is 1. The van der Waals surface area contributed by atoms with Crippen molar-refractivity contribution in [3.63, 3.8) is 0 Å². The molecule has 1 aliphatic rings. The minimum atomic E-state index is 0.666. The van der Waals surface area contributed by atoms with Crippen molar-refractivity contribution in [2.75, 3.05) is 26.2 Å². The molecule has 1 unspecified atom stereocenters. The third-order valence-electron chi connectivity index (χ3n) is 4.03. The van der Waals surface area contributed by atoms with Gasteiger partial charge >= 0.3 is 0 Å². The van der Waals surface area contributed by atoms with E-state index < -0.39 is 0 Å². The first kappa shape index (κ1) is 15.3. The van der Waals surface area contributed by atoms with Crippen LogP contribution in [0.4, 0.5) is 0 Å². The van der Waals surface area contributed by atoms with Crippen molar-refractivity contribution in [3.05, 3.63) is 42.5 Å². The molecular weight excluding hydrogens is 244 g/mol. The molecule has 2 heteroatoms. The second-order valence-electron chi connectivity index (χ2n) is 5.85. The molecule has 0 aliphatic carbocycles. The summed E-state index contributed by atoms with van der Waals surface area (Å²) in [6, 6.07) is 11.2. The number of piperidine rings is 1. The molecular formula is C18H28N2. The Hall–Kier alpha value is -1.12. The van der Waals surface area contributed by atoms with Gasteiger partial charge in [-0.2, -0.15) is 0 Å². The second kappa shape index (κ2) is 8.23. The molecule has 2 rings (SSSR count). The summed E-state index contributed by atoms with van der Waals surface area (Å²) < 4.78 is 0. The highest BCUT2D eigenvalue weighted by Crippen LogP contribution is 2.15. The third kappa shape index (κ3) is 4.77. The molecule has 2 nitrogen and oxygen atoms in total. The van der Waals surface area contributed by atoms with Crippen LogP contribution in [0.5, 0.6) is 0 Å². The zero-order valence-corrected chi connectivity index (χ0v) is 12.8. The molecule has 1 aromatic rings. The van der Waals surface area contributed by atoms with Gasteiger partial charge < -0.3 is 5.32 Å². The van der Waals surface area contributed by atoms with Crippen molar-refractivity contribution in [1.82, 2.24) is 10.2 Å². The predicted octanol–water partition coefficient (Wildman–Crippen LogP) is 3.55. The smallest absolute Gasteiger partial charge is 0.0234 e. The second-order valence-corrected chi connectivity index (χ2v) is 5.85. The Balaban J connectivity index is 1.89. The normalized spacial score (nSPS) is 19.2. The summed E-state index contributed by atoms with van der Waals surface area (Å²) in [5.74, 6) is 0. The van der Waals surface area contributed by atoms with Crippen LogP contribution in [-0.2, 0) is 0 Å². The molecule has 1 saturated heterocycles. The van der Waals surface area contributed by atoms with E-state index in [1.807, 2.05) is 0 Å². The molecule has 0 saturated carbocycles. The van der Waals surface area contributed by atoms with E-state index in [9.17, 15) is 0 Å². The van der Waals surface area contributed by atoms with Crippen LogP contribution in [0.25, 0.3) is 5.57 Å². The van der Waals surface area contributed by atoms with Gasteiger partial charge in [-0.05, 0) is 43.5 Å². The van der Waals surface area contributed by atoms with Crippen LogP contribution in [0.2, 0.25) is 0 Å². The Labute approximate surface area is 123 Å². The van der Waals surface area contributed by atoms with Gasteiger partial charge in [0.2, 0.25) is 0 Å².